The van der Waals surface area contributed by atoms with Gasteiger partial charge in [-0.2, -0.15) is 9.14 Å². The number of allylic oxidation sites excluding steroid dienone is 5. The van der Waals surface area contributed by atoms with Crippen LogP contribution in [0, 0.1) is 5.92 Å². The van der Waals surface area contributed by atoms with Gasteiger partial charge in [0.15, 0.2) is 12.2 Å². The van der Waals surface area contributed by atoms with Crippen molar-refractivity contribution in [1.82, 2.24) is 5.32 Å². The van der Waals surface area contributed by atoms with Gasteiger partial charge < -0.3 is 4.74 Å². The number of hydrogen-bond acceptors (Lipinski definition) is 2. The molecule has 0 bridgehead atoms. The third-order valence-corrected chi connectivity index (χ3v) is 12.3. The molecule has 44 heavy (non-hydrogen) atoms. The highest BCUT2D eigenvalue weighted by Gasteiger charge is 2.50. The van der Waals surface area contributed by atoms with E-state index in [9.17, 15) is 0 Å². The van der Waals surface area contributed by atoms with Crippen molar-refractivity contribution < 1.29 is 13.9 Å². The zero-order valence-electron chi connectivity index (χ0n) is 28.1. The molecule has 4 nitrogen and oxygen atoms in total. The van der Waals surface area contributed by atoms with Crippen LogP contribution in [0.4, 0.5) is 0 Å². The minimum atomic E-state index is -1.64. The van der Waals surface area contributed by atoms with Crippen LogP contribution in [-0.4, -0.2) is 37.2 Å². The highest BCUT2D eigenvalue weighted by Crippen LogP contribution is 2.46. The summed E-state index contributed by atoms with van der Waals surface area (Å²) in [6.45, 7) is 28.7. The van der Waals surface area contributed by atoms with Crippen LogP contribution in [0.5, 0.6) is 0 Å². The zero-order valence-corrected chi connectivity index (χ0v) is 29.1. The molecule has 4 unspecified atom stereocenters. The fourth-order valence-electron chi connectivity index (χ4n) is 7.89. The number of pyridine rings is 1. The number of fused-ring (bicyclic) bond motifs is 7. The molecule has 0 radical (unpaired) electrons. The lowest BCUT2D eigenvalue weighted by Gasteiger charge is -2.32. The second kappa shape index (κ2) is 11.6. The van der Waals surface area contributed by atoms with E-state index >= 15 is 0 Å². The van der Waals surface area contributed by atoms with E-state index in [2.05, 4.69) is 124 Å². The molecule has 4 aliphatic rings. The maximum atomic E-state index is 5.87. The Morgan fingerprint density at radius 1 is 1.09 bits per heavy atom. The number of nitrogens with zero attached hydrogens (tertiary/aromatic N) is 2. The molecule has 0 amide bonds. The number of benzene rings is 1. The van der Waals surface area contributed by atoms with Crippen LogP contribution in [0.15, 0.2) is 96.1 Å². The minimum absolute atomic E-state index is 0.124. The lowest BCUT2D eigenvalue weighted by molar-refractivity contribution is -0.728. The van der Waals surface area contributed by atoms with E-state index in [1.54, 1.807) is 5.19 Å². The summed E-state index contributed by atoms with van der Waals surface area (Å²) in [5.74, 6) is 1.59. The van der Waals surface area contributed by atoms with E-state index in [4.69, 9.17) is 11.3 Å². The number of ether oxygens (including phenoxy) is 1. The summed E-state index contributed by atoms with van der Waals surface area (Å²) in [5.41, 5.74) is 12.2. The predicted octanol–water partition coefficient (Wildman–Crippen LogP) is 7.46. The first-order valence-electron chi connectivity index (χ1n) is 16.5. The van der Waals surface area contributed by atoms with Crippen LogP contribution in [0.1, 0.15) is 70.5 Å². The van der Waals surface area contributed by atoms with Crippen LogP contribution in [0.2, 0.25) is 19.6 Å². The Morgan fingerprint density at radius 2 is 1.84 bits per heavy atom. The van der Waals surface area contributed by atoms with E-state index < -0.39 is 8.07 Å². The number of nitrogens with one attached hydrogen (secondary N) is 1. The summed E-state index contributed by atoms with van der Waals surface area (Å²) in [5, 5.41) is 5.21. The molecule has 6 rings (SSSR count). The molecule has 4 atom stereocenters. The largest absolute Gasteiger partial charge is 0.479 e. The monoisotopic (exact) mass is 605 g/mol. The third kappa shape index (κ3) is 5.32. The van der Waals surface area contributed by atoms with Crippen LogP contribution in [0.25, 0.3) is 11.3 Å². The topological polar surface area (TPSA) is 28.1 Å². The Bertz CT molecular complexity index is 1660. The average Bonchev–Trinajstić information content (AvgIpc) is 3.29. The summed E-state index contributed by atoms with van der Waals surface area (Å²) in [6, 6.07) is 12.2. The first-order valence-corrected chi connectivity index (χ1v) is 20.0. The van der Waals surface area contributed by atoms with Crippen molar-refractivity contribution in [2.45, 2.75) is 97.6 Å². The quantitative estimate of drug-likeness (QED) is 0.291. The first-order chi connectivity index (χ1) is 20.9. The second-order valence-corrected chi connectivity index (χ2v) is 19.8. The van der Waals surface area contributed by atoms with E-state index in [0.717, 1.165) is 19.3 Å². The van der Waals surface area contributed by atoms with Crippen LogP contribution >= 0.6 is 0 Å². The van der Waals surface area contributed by atoms with Gasteiger partial charge in [0.1, 0.15) is 12.5 Å². The van der Waals surface area contributed by atoms with Gasteiger partial charge in [-0.15, -0.1) is 0 Å². The van der Waals surface area contributed by atoms with Gasteiger partial charge in [0, 0.05) is 47.0 Å². The van der Waals surface area contributed by atoms with Gasteiger partial charge >= 0.3 is 0 Å². The molecule has 1 N–H and O–H groups in total. The average molecular weight is 606 g/mol. The molecule has 0 saturated heterocycles. The van der Waals surface area contributed by atoms with Crippen molar-refractivity contribution in [3.8, 4) is 11.3 Å². The first kappa shape index (κ1) is 30.7. The standard InChI is InChI=1S/C39H51N3OSi/c1-24(2)19-30-21-36-33-14-12-11-13-32(33)35-18-17-31-27(5)40-23-43-26(4)15-16-34(31)37-20-25(3)28(6)42(37)29(7)39(35)41(36)22-38(30)44(8,9)10/h11-16,20-22,24,27-28,35,39-40H,4,7,17-19,23H2,1-3,5-6,8-10H3/q+2/b16-15-,34-31+. The molecule has 0 fully saturated rings. The normalized spacial score (nSPS) is 27.7. The van der Waals surface area contributed by atoms with Crippen molar-refractivity contribution in [2.75, 3.05) is 6.73 Å². The Labute approximate surface area is 266 Å². The van der Waals surface area contributed by atoms with Gasteiger partial charge in [0.05, 0.1) is 14.0 Å². The second-order valence-electron chi connectivity index (χ2n) is 14.8. The lowest BCUT2D eigenvalue weighted by Crippen LogP contribution is -2.55. The van der Waals surface area contributed by atoms with Gasteiger partial charge in [-0.05, 0) is 80.5 Å². The number of aromatic nitrogens is 1. The molecular weight excluding hydrogens is 555 g/mol. The molecule has 5 heterocycles. The fourth-order valence-corrected chi connectivity index (χ4v) is 9.56. The molecule has 0 spiro atoms. The van der Waals surface area contributed by atoms with Crippen LogP contribution in [-0.2, 0) is 11.2 Å². The molecule has 4 aliphatic heterocycles. The molecule has 2 aromatic rings. The van der Waals surface area contributed by atoms with E-state index in [0.29, 0.717) is 24.3 Å². The summed E-state index contributed by atoms with van der Waals surface area (Å²) >= 11 is 0. The Balaban J connectivity index is 1.64. The van der Waals surface area contributed by atoms with Gasteiger partial charge in [0.25, 0.3) is 0 Å². The number of hydrogen-bond donors (Lipinski definition) is 1. The minimum Gasteiger partial charge on any atom is -0.479 e. The third-order valence-electron chi connectivity index (χ3n) is 10.2. The van der Waals surface area contributed by atoms with E-state index in [1.165, 1.54) is 50.5 Å². The lowest BCUT2D eigenvalue weighted by atomic mass is 9.77. The number of rotatable bonds is 3. The van der Waals surface area contributed by atoms with Crippen LogP contribution < -0.4 is 15.1 Å². The van der Waals surface area contributed by atoms with Gasteiger partial charge in [-0.25, -0.2) is 0 Å². The highest BCUT2D eigenvalue weighted by molar-refractivity contribution is 6.89. The maximum absolute atomic E-state index is 5.87. The summed E-state index contributed by atoms with van der Waals surface area (Å²) in [6.07, 6.45) is 12.4. The van der Waals surface area contributed by atoms with Crippen molar-refractivity contribution in [2.24, 2.45) is 5.92 Å². The smallest absolute Gasteiger partial charge is 0.247 e. The Hall–Kier alpha value is -3.28. The van der Waals surface area contributed by atoms with Gasteiger partial charge in [-0.3, -0.25) is 5.32 Å². The molecular formula is C39H51N3OSi+2. The van der Waals surface area contributed by atoms with Crippen molar-refractivity contribution in [1.29, 1.82) is 0 Å². The van der Waals surface area contributed by atoms with Crippen molar-refractivity contribution in [3.63, 3.8) is 0 Å². The molecule has 5 heteroatoms. The summed E-state index contributed by atoms with van der Waals surface area (Å²) < 4.78 is 11.1. The molecule has 1 aromatic heterocycles. The Kier molecular flexibility index (Phi) is 8.08. The highest BCUT2D eigenvalue weighted by atomic mass is 28.3. The van der Waals surface area contributed by atoms with Crippen molar-refractivity contribution >= 4 is 19.0 Å². The van der Waals surface area contributed by atoms with Crippen molar-refractivity contribution in [3.05, 3.63) is 107 Å². The zero-order chi connectivity index (χ0) is 31.5. The van der Waals surface area contributed by atoms with E-state index in [-0.39, 0.29) is 18.1 Å². The van der Waals surface area contributed by atoms with Gasteiger partial charge in [0.2, 0.25) is 23.1 Å². The predicted molar refractivity (Wildman–Crippen MR) is 186 cm³/mol. The van der Waals surface area contributed by atoms with Gasteiger partial charge in [-0.1, -0.05) is 58.3 Å². The molecule has 1 aromatic carbocycles. The molecule has 0 saturated carbocycles. The van der Waals surface area contributed by atoms with Crippen LogP contribution in [0.3, 0.4) is 0 Å². The molecule has 0 aliphatic carbocycles. The summed E-state index contributed by atoms with van der Waals surface area (Å²) in [7, 11) is -1.64. The molecule has 230 valence electrons. The summed E-state index contributed by atoms with van der Waals surface area (Å²) in [4.78, 5) is 0. The fraction of sp³-hybridized carbons (Fsp3) is 0.436. The van der Waals surface area contributed by atoms with E-state index in [1.807, 2.05) is 6.08 Å². The Morgan fingerprint density at radius 3 is 2.57 bits per heavy atom. The maximum Gasteiger partial charge on any atom is 0.247 e. The SMILES string of the molecule is C=C1/C=C\C2=C(\CCC3c4ccccc4-c4cc(CC(C)C)c([Si](C)(C)C)c[n+]4C3C(=C)[N+]3=C2C=C(C)C3C)C(C)NCO1.